The molecule has 2 aromatic carbocycles. The van der Waals surface area contributed by atoms with E-state index < -0.39 is 0 Å². The molecule has 0 bridgehead atoms. The van der Waals surface area contributed by atoms with Gasteiger partial charge in [0.2, 0.25) is 0 Å². The molecule has 172 valence electrons. The third-order valence-electron chi connectivity index (χ3n) is 5.89. The van der Waals surface area contributed by atoms with Gasteiger partial charge in [-0.05, 0) is 31.4 Å². The van der Waals surface area contributed by atoms with E-state index in [1.807, 2.05) is 48.5 Å². The van der Waals surface area contributed by atoms with E-state index in [0.717, 1.165) is 25.1 Å². The topological polar surface area (TPSA) is 92.2 Å². The molecule has 0 saturated carbocycles. The second-order valence-corrected chi connectivity index (χ2v) is 8.56. The van der Waals surface area contributed by atoms with Crippen molar-refractivity contribution in [1.82, 2.24) is 30.5 Å². The van der Waals surface area contributed by atoms with Gasteiger partial charge < -0.3 is 10.6 Å². The van der Waals surface area contributed by atoms with Crippen molar-refractivity contribution in [1.29, 1.82) is 0 Å². The minimum atomic E-state index is -0.372. The second-order valence-electron chi connectivity index (χ2n) is 8.56. The summed E-state index contributed by atoms with van der Waals surface area (Å²) < 4.78 is 1.52. The molecular formula is C25H30N6O2. The average molecular weight is 447 g/mol. The van der Waals surface area contributed by atoms with Gasteiger partial charge >= 0.3 is 0 Å². The van der Waals surface area contributed by atoms with Gasteiger partial charge in [-0.25, -0.2) is 4.68 Å². The van der Waals surface area contributed by atoms with Gasteiger partial charge in [-0.15, -0.1) is 5.10 Å². The van der Waals surface area contributed by atoms with Crippen molar-refractivity contribution in [2.45, 2.75) is 45.4 Å². The number of aromatic nitrogens is 3. The molecule has 0 radical (unpaired) electrons. The third-order valence-corrected chi connectivity index (χ3v) is 5.89. The van der Waals surface area contributed by atoms with Gasteiger partial charge in [-0.2, -0.15) is 0 Å². The van der Waals surface area contributed by atoms with Crippen LogP contribution in [-0.2, 0) is 13.1 Å². The van der Waals surface area contributed by atoms with Crippen LogP contribution in [-0.4, -0.2) is 50.8 Å². The van der Waals surface area contributed by atoms with Gasteiger partial charge in [0.05, 0.1) is 12.6 Å². The molecule has 1 aliphatic heterocycles. The number of carbonyl (C=O) groups is 2. The molecule has 33 heavy (non-hydrogen) atoms. The molecule has 2 heterocycles. The molecular weight excluding hydrogens is 416 g/mol. The van der Waals surface area contributed by atoms with Gasteiger partial charge in [0.25, 0.3) is 11.8 Å². The van der Waals surface area contributed by atoms with Crippen molar-refractivity contribution in [3.8, 4) is 0 Å². The Hall–Kier alpha value is -3.52. The second kappa shape index (κ2) is 10.4. The number of fused-ring (bicyclic) bond motifs is 1. The predicted octanol–water partition coefficient (Wildman–Crippen LogP) is 2.79. The zero-order valence-corrected chi connectivity index (χ0v) is 19.1. The molecule has 3 aromatic rings. The third kappa shape index (κ3) is 5.46. The Morgan fingerprint density at radius 2 is 1.85 bits per heavy atom. The Morgan fingerprint density at radius 1 is 1.15 bits per heavy atom. The quantitative estimate of drug-likeness (QED) is 0.493. The highest BCUT2D eigenvalue weighted by atomic mass is 16.2. The van der Waals surface area contributed by atoms with Crippen molar-refractivity contribution < 1.29 is 9.59 Å². The van der Waals surface area contributed by atoms with Crippen molar-refractivity contribution in [3.05, 3.63) is 83.2 Å². The predicted molar refractivity (Wildman–Crippen MR) is 126 cm³/mol. The number of carbonyl (C=O) groups excluding carboxylic acids is 2. The molecule has 0 unspecified atom stereocenters. The highest BCUT2D eigenvalue weighted by Crippen LogP contribution is 2.21. The van der Waals surface area contributed by atoms with Crippen LogP contribution in [0.4, 0.5) is 0 Å². The summed E-state index contributed by atoms with van der Waals surface area (Å²) >= 11 is 0. The van der Waals surface area contributed by atoms with Crippen molar-refractivity contribution in [2.24, 2.45) is 0 Å². The molecule has 0 fully saturated rings. The van der Waals surface area contributed by atoms with Crippen LogP contribution in [0.1, 0.15) is 58.4 Å². The molecule has 8 nitrogen and oxygen atoms in total. The van der Waals surface area contributed by atoms with E-state index in [0.29, 0.717) is 19.1 Å². The van der Waals surface area contributed by atoms with E-state index >= 15 is 0 Å². The number of nitrogens with zero attached hydrogens (tertiary/aromatic N) is 4. The van der Waals surface area contributed by atoms with Gasteiger partial charge in [-0.1, -0.05) is 65.9 Å². The summed E-state index contributed by atoms with van der Waals surface area (Å²) in [6.07, 6.45) is 0.794. The summed E-state index contributed by atoms with van der Waals surface area (Å²) in [4.78, 5) is 27.8. The summed E-state index contributed by atoms with van der Waals surface area (Å²) in [5, 5.41) is 13.9. The van der Waals surface area contributed by atoms with Crippen LogP contribution in [0.25, 0.3) is 0 Å². The minimum Gasteiger partial charge on any atom is -0.351 e. The Morgan fingerprint density at radius 3 is 2.55 bits per heavy atom. The lowest BCUT2D eigenvalue weighted by molar-refractivity contribution is 0.0876. The molecule has 1 aromatic heterocycles. The normalized spacial score (nSPS) is 15.4. The first-order valence-corrected chi connectivity index (χ1v) is 11.4. The molecule has 0 saturated heterocycles. The van der Waals surface area contributed by atoms with Gasteiger partial charge in [0.15, 0.2) is 11.4 Å². The highest BCUT2D eigenvalue weighted by Gasteiger charge is 2.32. The molecule has 2 N–H and O–H groups in total. The van der Waals surface area contributed by atoms with Crippen LogP contribution in [0, 0.1) is 0 Å². The molecule has 0 spiro atoms. The van der Waals surface area contributed by atoms with Crippen molar-refractivity contribution >= 4 is 11.8 Å². The first-order valence-electron chi connectivity index (χ1n) is 11.4. The number of amides is 2. The molecule has 8 heteroatoms. The standard InChI is InChI=1S/C25H30N6O2/c1-18(2)30(16-19-10-5-3-6-11-19)15-9-14-26-24(32)22-23-25(33)27-21(17-31(23)29-28-22)20-12-7-4-8-13-20/h3-8,10-13,18,21H,9,14-17H2,1-2H3,(H,26,32)(H,27,33)/t21-/m1/s1. The zero-order valence-electron chi connectivity index (χ0n) is 19.1. The Balaban J connectivity index is 1.32. The fraction of sp³-hybridized carbons (Fsp3) is 0.360. The van der Waals surface area contributed by atoms with Crippen LogP contribution >= 0.6 is 0 Å². The number of hydrogen-bond acceptors (Lipinski definition) is 5. The Bertz CT molecular complexity index is 1080. The monoisotopic (exact) mass is 446 g/mol. The SMILES string of the molecule is CC(C)N(CCCNC(=O)c1nnn2c1C(=O)N[C@@H](c1ccccc1)C2)Cc1ccccc1. The number of rotatable bonds is 9. The van der Waals surface area contributed by atoms with Crippen LogP contribution in [0.5, 0.6) is 0 Å². The first-order chi connectivity index (χ1) is 16.0. The highest BCUT2D eigenvalue weighted by molar-refractivity contribution is 6.05. The van der Waals surface area contributed by atoms with E-state index in [9.17, 15) is 9.59 Å². The lowest BCUT2D eigenvalue weighted by Crippen LogP contribution is -2.40. The molecule has 0 aliphatic carbocycles. The summed E-state index contributed by atoms with van der Waals surface area (Å²) in [6, 6.07) is 20.3. The number of benzene rings is 2. The van der Waals surface area contributed by atoms with Crippen molar-refractivity contribution in [2.75, 3.05) is 13.1 Å². The van der Waals surface area contributed by atoms with E-state index in [2.05, 4.69) is 51.8 Å². The fourth-order valence-electron chi connectivity index (χ4n) is 4.04. The lowest BCUT2D eigenvalue weighted by atomic mass is 10.0. The number of hydrogen-bond donors (Lipinski definition) is 2. The van der Waals surface area contributed by atoms with E-state index in [-0.39, 0.29) is 29.2 Å². The van der Waals surface area contributed by atoms with E-state index in [1.165, 1.54) is 10.2 Å². The zero-order chi connectivity index (χ0) is 23.2. The molecule has 2 amide bonds. The summed E-state index contributed by atoms with van der Waals surface area (Å²) in [5.41, 5.74) is 2.55. The summed E-state index contributed by atoms with van der Waals surface area (Å²) in [7, 11) is 0. The largest absolute Gasteiger partial charge is 0.351 e. The fourth-order valence-corrected chi connectivity index (χ4v) is 4.04. The Labute approximate surface area is 194 Å². The molecule has 1 aliphatic rings. The van der Waals surface area contributed by atoms with E-state index in [1.54, 1.807) is 0 Å². The van der Waals surface area contributed by atoms with Gasteiger partial charge in [-0.3, -0.25) is 14.5 Å². The van der Waals surface area contributed by atoms with Crippen LogP contribution < -0.4 is 10.6 Å². The van der Waals surface area contributed by atoms with E-state index in [4.69, 9.17) is 0 Å². The minimum absolute atomic E-state index is 0.0732. The summed E-state index contributed by atoms with van der Waals surface area (Å²) in [6.45, 7) is 7.00. The Kier molecular flexibility index (Phi) is 7.14. The first kappa shape index (κ1) is 22.7. The summed E-state index contributed by atoms with van der Waals surface area (Å²) in [5.74, 6) is -0.706. The van der Waals surface area contributed by atoms with Crippen LogP contribution in [0.3, 0.4) is 0 Å². The maximum atomic E-state index is 12.7. The molecule has 4 rings (SSSR count). The van der Waals surface area contributed by atoms with Gasteiger partial charge in [0.1, 0.15) is 0 Å². The average Bonchev–Trinajstić information content (AvgIpc) is 3.27. The van der Waals surface area contributed by atoms with Crippen LogP contribution in [0.15, 0.2) is 60.7 Å². The maximum Gasteiger partial charge on any atom is 0.274 e. The maximum absolute atomic E-state index is 12.7. The number of nitrogens with one attached hydrogen (secondary N) is 2. The smallest absolute Gasteiger partial charge is 0.274 e. The lowest BCUT2D eigenvalue weighted by Gasteiger charge is -2.26. The van der Waals surface area contributed by atoms with Crippen molar-refractivity contribution in [3.63, 3.8) is 0 Å². The molecule has 1 atom stereocenters. The van der Waals surface area contributed by atoms with Gasteiger partial charge in [0, 0.05) is 25.7 Å². The van der Waals surface area contributed by atoms with Crippen LogP contribution in [0.2, 0.25) is 0 Å².